The van der Waals surface area contributed by atoms with Gasteiger partial charge < -0.3 is 10.6 Å². The summed E-state index contributed by atoms with van der Waals surface area (Å²) in [5, 5.41) is 0. The molecule has 2 rings (SSSR count). The molecule has 2 N–H and O–H groups in total. The minimum Gasteiger partial charge on any atom is -0.328 e. The second-order valence-corrected chi connectivity index (χ2v) is 4.52. The molecule has 2 aliphatic rings. The van der Waals surface area contributed by atoms with Crippen molar-refractivity contribution in [2.24, 2.45) is 17.1 Å². The Kier molecular flexibility index (Phi) is 1.52. The van der Waals surface area contributed by atoms with Crippen molar-refractivity contribution >= 4 is 0 Å². The lowest BCUT2D eigenvalue weighted by Crippen LogP contribution is -2.23. The van der Waals surface area contributed by atoms with Crippen LogP contribution in [-0.2, 0) is 0 Å². The molecule has 64 valence electrons. The maximum absolute atomic E-state index is 5.88. The van der Waals surface area contributed by atoms with Crippen molar-refractivity contribution in [3.05, 3.63) is 0 Å². The largest absolute Gasteiger partial charge is 0.328 e. The molecule has 1 spiro atoms. The monoisotopic (exact) mass is 154 g/mol. The van der Waals surface area contributed by atoms with Gasteiger partial charge in [-0.3, -0.25) is 0 Å². The molecule has 1 heterocycles. The quantitative estimate of drug-likeness (QED) is 0.601. The summed E-state index contributed by atoms with van der Waals surface area (Å²) in [5.74, 6) is 0.826. The number of rotatable bonds is 1. The number of nitrogens with zero attached hydrogens (tertiary/aromatic N) is 1. The average molecular weight is 154 g/mol. The third-order valence-electron chi connectivity index (χ3n) is 3.46. The highest BCUT2D eigenvalue weighted by atomic mass is 15.1. The van der Waals surface area contributed by atoms with Gasteiger partial charge in [-0.25, -0.2) is 0 Å². The summed E-state index contributed by atoms with van der Waals surface area (Å²) in [4.78, 5) is 2.43. The Bertz CT molecular complexity index is 167. The molecule has 2 heteroatoms. The van der Waals surface area contributed by atoms with Gasteiger partial charge >= 0.3 is 0 Å². The minimum absolute atomic E-state index is 0.418. The van der Waals surface area contributed by atoms with Gasteiger partial charge in [-0.2, -0.15) is 0 Å². The van der Waals surface area contributed by atoms with E-state index in [4.69, 9.17) is 5.73 Å². The molecule has 0 amide bonds. The van der Waals surface area contributed by atoms with Gasteiger partial charge in [0.05, 0.1) is 0 Å². The van der Waals surface area contributed by atoms with Gasteiger partial charge in [0.25, 0.3) is 0 Å². The van der Waals surface area contributed by atoms with E-state index in [0.717, 1.165) is 5.92 Å². The molecule has 11 heavy (non-hydrogen) atoms. The fourth-order valence-corrected chi connectivity index (χ4v) is 2.70. The Balaban J connectivity index is 1.97. The summed E-state index contributed by atoms with van der Waals surface area (Å²) in [6, 6.07) is 0.418. The number of nitrogens with two attached hydrogens (primary N) is 1. The summed E-state index contributed by atoms with van der Waals surface area (Å²) in [7, 11) is 2.21. The van der Waals surface area contributed by atoms with Crippen LogP contribution in [0.25, 0.3) is 0 Å². The van der Waals surface area contributed by atoms with Crippen LogP contribution in [0.4, 0.5) is 0 Å². The second kappa shape index (κ2) is 2.20. The minimum atomic E-state index is 0.418. The zero-order chi connectivity index (χ0) is 8.06. The van der Waals surface area contributed by atoms with Crippen LogP contribution in [0.3, 0.4) is 0 Å². The molecule has 2 fully saturated rings. The van der Waals surface area contributed by atoms with Crippen LogP contribution in [0.2, 0.25) is 0 Å². The highest BCUT2D eigenvalue weighted by molar-refractivity contribution is 5.09. The predicted molar refractivity (Wildman–Crippen MR) is 46.3 cm³/mol. The molecule has 1 aliphatic carbocycles. The summed E-state index contributed by atoms with van der Waals surface area (Å²) < 4.78 is 0. The fourth-order valence-electron chi connectivity index (χ4n) is 2.70. The molecule has 1 saturated carbocycles. The fraction of sp³-hybridized carbons (Fsp3) is 1.00. The summed E-state index contributed by atoms with van der Waals surface area (Å²) >= 11 is 0. The molecule has 3 atom stereocenters. The topological polar surface area (TPSA) is 29.3 Å². The van der Waals surface area contributed by atoms with Gasteiger partial charge in [0.2, 0.25) is 0 Å². The van der Waals surface area contributed by atoms with Crippen molar-refractivity contribution in [2.45, 2.75) is 25.8 Å². The van der Waals surface area contributed by atoms with Crippen LogP contribution in [0, 0.1) is 11.3 Å². The van der Waals surface area contributed by atoms with Gasteiger partial charge in [-0.05, 0) is 44.7 Å². The maximum atomic E-state index is 5.88. The molecule has 0 aromatic heterocycles. The van der Waals surface area contributed by atoms with Crippen LogP contribution in [-0.4, -0.2) is 31.1 Å². The Morgan fingerprint density at radius 3 is 2.73 bits per heavy atom. The summed E-state index contributed by atoms with van der Waals surface area (Å²) in [6.07, 6.45) is 2.77. The SMILES string of the molecule is CC(N)C1CC12CCN(C)C2. The van der Waals surface area contributed by atoms with Crippen molar-refractivity contribution in [3.8, 4) is 0 Å². The molecule has 1 saturated heterocycles. The smallest absolute Gasteiger partial charge is 0.00447 e. The lowest BCUT2D eigenvalue weighted by molar-refractivity contribution is 0.368. The van der Waals surface area contributed by atoms with Gasteiger partial charge in [-0.15, -0.1) is 0 Å². The highest BCUT2D eigenvalue weighted by Crippen LogP contribution is 2.59. The zero-order valence-electron chi connectivity index (χ0n) is 7.51. The molecule has 0 bridgehead atoms. The second-order valence-electron chi connectivity index (χ2n) is 4.52. The van der Waals surface area contributed by atoms with Crippen LogP contribution in [0.15, 0.2) is 0 Å². The van der Waals surface area contributed by atoms with Gasteiger partial charge in [-0.1, -0.05) is 0 Å². The molecule has 3 unspecified atom stereocenters. The molecular formula is C9H18N2. The zero-order valence-corrected chi connectivity index (χ0v) is 7.51. The standard InChI is InChI=1S/C9H18N2/c1-7(10)8-5-9(8)3-4-11(2)6-9/h7-8H,3-6,10H2,1-2H3. The van der Waals surface area contributed by atoms with Gasteiger partial charge in [0.15, 0.2) is 0 Å². The van der Waals surface area contributed by atoms with E-state index in [1.165, 1.54) is 25.9 Å². The van der Waals surface area contributed by atoms with Crippen LogP contribution >= 0.6 is 0 Å². The van der Waals surface area contributed by atoms with Crippen LogP contribution in [0.1, 0.15) is 19.8 Å². The Hall–Kier alpha value is -0.0800. The third kappa shape index (κ3) is 1.09. The molecule has 2 nitrogen and oxygen atoms in total. The molecule has 1 aliphatic heterocycles. The van der Waals surface area contributed by atoms with E-state index >= 15 is 0 Å². The Labute approximate surface area is 68.7 Å². The summed E-state index contributed by atoms with van der Waals surface area (Å²) in [6.45, 7) is 4.72. The third-order valence-corrected chi connectivity index (χ3v) is 3.46. The predicted octanol–water partition coefficient (Wildman–Crippen LogP) is 0.675. The lowest BCUT2D eigenvalue weighted by atomic mass is 10.00. The van der Waals surface area contributed by atoms with Crippen molar-refractivity contribution in [3.63, 3.8) is 0 Å². The molecule has 0 aromatic rings. The van der Waals surface area contributed by atoms with E-state index in [2.05, 4.69) is 18.9 Å². The van der Waals surface area contributed by atoms with Crippen molar-refractivity contribution in [1.82, 2.24) is 4.90 Å². The summed E-state index contributed by atoms with van der Waals surface area (Å²) in [5.41, 5.74) is 6.53. The first-order valence-corrected chi connectivity index (χ1v) is 4.58. The average Bonchev–Trinajstić information content (AvgIpc) is 2.48. The van der Waals surface area contributed by atoms with Crippen LogP contribution in [0.5, 0.6) is 0 Å². The van der Waals surface area contributed by atoms with E-state index in [0.29, 0.717) is 11.5 Å². The Morgan fingerprint density at radius 2 is 2.36 bits per heavy atom. The molecule has 0 radical (unpaired) electrons. The van der Waals surface area contributed by atoms with Crippen molar-refractivity contribution < 1.29 is 0 Å². The first-order chi connectivity index (χ1) is 5.14. The van der Waals surface area contributed by atoms with E-state index in [9.17, 15) is 0 Å². The van der Waals surface area contributed by atoms with Gasteiger partial charge in [0.1, 0.15) is 0 Å². The normalized spacial score (nSPS) is 46.6. The number of hydrogen-bond acceptors (Lipinski definition) is 2. The number of hydrogen-bond donors (Lipinski definition) is 1. The van der Waals surface area contributed by atoms with Crippen molar-refractivity contribution in [1.29, 1.82) is 0 Å². The van der Waals surface area contributed by atoms with E-state index in [1.807, 2.05) is 0 Å². The van der Waals surface area contributed by atoms with Crippen LogP contribution < -0.4 is 5.73 Å². The maximum Gasteiger partial charge on any atom is 0.00447 e. The molecule has 0 aromatic carbocycles. The van der Waals surface area contributed by atoms with Gasteiger partial charge in [0, 0.05) is 12.6 Å². The van der Waals surface area contributed by atoms with E-state index in [-0.39, 0.29) is 0 Å². The number of likely N-dealkylation sites (tertiary alicyclic amines) is 1. The first kappa shape index (κ1) is 7.56. The lowest BCUT2D eigenvalue weighted by Gasteiger charge is -2.11. The highest BCUT2D eigenvalue weighted by Gasteiger charge is 2.57. The molecular weight excluding hydrogens is 136 g/mol. The van der Waals surface area contributed by atoms with E-state index in [1.54, 1.807) is 0 Å². The van der Waals surface area contributed by atoms with Crippen molar-refractivity contribution in [2.75, 3.05) is 20.1 Å². The van der Waals surface area contributed by atoms with E-state index < -0.39 is 0 Å². The first-order valence-electron chi connectivity index (χ1n) is 4.58. The Morgan fingerprint density at radius 1 is 1.64 bits per heavy atom.